The lowest BCUT2D eigenvalue weighted by molar-refractivity contribution is -0.384. The zero-order valence-corrected chi connectivity index (χ0v) is 13.1. The molecule has 6 nitrogen and oxygen atoms in total. The Morgan fingerprint density at radius 3 is 2.65 bits per heavy atom. The van der Waals surface area contributed by atoms with Crippen molar-refractivity contribution in [1.82, 2.24) is 9.38 Å². The van der Waals surface area contributed by atoms with Crippen LogP contribution in [0.5, 0.6) is 0 Å². The number of aromatic nitrogens is 2. The third-order valence-corrected chi connectivity index (χ3v) is 4.34. The Kier molecular flexibility index (Phi) is 4.12. The van der Waals surface area contributed by atoms with Gasteiger partial charge in [-0.1, -0.05) is 6.07 Å². The molecule has 3 aromatic rings. The van der Waals surface area contributed by atoms with Crippen LogP contribution in [0.2, 0.25) is 0 Å². The third-order valence-electron chi connectivity index (χ3n) is 3.29. The molecule has 116 valence electrons. The topological polar surface area (TPSA) is 77.5 Å². The number of pyridine rings is 1. The lowest BCUT2D eigenvalue weighted by atomic mass is 10.3. The molecule has 0 atom stereocenters. The maximum absolute atomic E-state index is 12.1. The van der Waals surface area contributed by atoms with Crippen LogP contribution in [0.4, 0.5) is 5.69 Å². The number of fused-ring (bicyclic) bond motifs is 1. The fraction of sp³-hybridized carbons (Fsp3) is 0.125. The van der Waals surface area contributed by atoms with Crippen molar-refractivity contribution in [2.75, 3.05) is 0 Å². The molecular weight excluding hydrogens is 314 g/mol. The fourth-order valence-corrected chi connectivity index (χ4v) is 2.94. The number of hydrogen-bond donors (Lipinski definition) is 0. The van der Waals surface area contributed by atoms with Crippen molar-refractivity contribution in [2.45, 2.75) is 17.6 Å². The van der Waals surface area contributed by atoms with Gasteiger partial charge in [0.15, 0.2) is 0 Å². The molecule has 0 saturated carbocycles. The van der Waals surface area contributed by atoms with Crippen LogP contribution < -0.4 is 5.56 Å². The molecule has 3 rings (SSSR count). The standard InChI is InChI=1S/C16H13N3O3S/c1-11-2-7-15-17-12(8-16(20)18(15)9-11)10-23-14-5-3-13(4-6-14)19(21)22/h2-9H,10H2,1H3. The van der Waals surface area contributed by atoms with Crippen LogP contribution >= 0.6 is 11.8 Å². The number of hydrogen-bond acceptors (Lipinski definition) is 5. The van der Waals surface area contributed by atoms with E-state index in [0.29, 0.717) is 17.1 Å². The molecule has 0 amide bonds. The van der Waals surface area contributed by atoms with Gasteiger partial charge in [-0.05, 0) is 30.7 Å². The van der Waals surface area contributed by atoms with Crippen molar-refractivity contribution >= 4 is 23.1 Å². The van der Waals surface area contributed by atoms with Crippen molar-refractivity contribution in [3.8, 4) is 0 Å². The normalized spacial score (nSPS) is 10.8. The predicted octanol–water partition coefficient (Wildman–Crippen LogP) is 3.20. The second kappa shape index (κ2) is 6.21. The van der Waals surface area contributed by atoms with Gasteiger partial charge in [0.25, 0.3) is 11.2 Å². The van der Waals surface area contributed by atoms with Gasteiger partial charge in [0.2, 0.25) is 0 Å². The predicted molar refractivity (Wildman–Crippen MR) is 88.9 cm³/mol. The van der Waals surface area contributed by atoms with Crippen molar-refractivity contribution < 1.29 is 4.92 Å². The van der Waals surface area contributed by atoms with E-state index < -0.39 is 4.92 Å². The van der Waals surface area contributed by atoms with Crippen LogP contribution in [0.15, 0.2) is 58.4 Å². The van der Waals surface area contributed by atoms with E-state index in [-0.39, 0.29) is 11.2 Å². The van der Waals surface area contributed by atoms with Crippen LogP contribution in [-0.4, -0.2) is 14.3 Å². The molecule has 0 N–H and O–H groups in total. The number of benzene rings is 1. The zero-order valence-electron chi connectivity index (χ0n) is 12.3. The van der Waals surface area contributed by atoms with Crippen LogP contribution in [0.1, 0.15) is 11.3 Å². The fourth-order valence-electron chi connectivity index (χ4n) is 2.15. The minimum Gasteiger partial charge on any atom is -0.269 e. The molecule has 0 fully saturated rings. The molecule has 0 spiro atoms. The van der Waals surface area contributed by atoms with Gasteiger partial charge in [0.05, 0.1) is 10.6 Å². The van der Waals surface area contributed by atoms with Gasteiger partial charge >= 0.3 is 0 Å². The summed E-state index contributed by atoms with van der Waals surface area (Å²) >= 11 is 1.48. The number of nitrogens with zero attached hydrogens (tertiary/aromatic N) is 3. The monoisotopic (exact) mass is 327 g/mol. The molecule has 1 aromatic carbocycles. The SMILES string of the molecule is Cc1ccc2nc(CSc3ccc([N+](=O)[O-])cc3)cc(=O)n2c1. The minimum absolute atomic E-state index is 0.0618. The third kappa shape index (κ3) is 3.40. The second-order valence-corrected chi connectivity index (χ2v) is 6.11. The summed E-state index contributed by atoms with van der Waals surface area (Å²) in [4.78, 5) is 27.7. The molecule has 0 aliphatic carbocycles. The maximum atomic E-state index is 12.1. The number of rotatable bonds is 4. The summed E-state index contributed by atoms with van der Waals surface area (Å²) in [6.07, 6.45) is 1.76. The first-order valence-electron chi connectivity index (χ1n) is 6.89. The van der Waals surface area contributed by atoms with Gasteiger partial charge in [-0.25, -0.2) is 4.98 Å². The Balaban J connectivity index is 1.80. The summed E-state index contributed by atoms with van der Waals surface area (Å²) in [7, 11) is 0. The van der Waals surface area contributed by atoms with Crippen LogP contribution in [0, 0.1) is 17.0 Å². The molecule has 0 aliphatic heterocycles. The first kappa shape index (κ1) is 15.2. The van der Waals surface area contributed by atoms with Crippen molar-refractivity contribution in [2.24, 2.45) is 0 Å². The summed E-state index contributed by atoms with van der Waals surface area (Å²) in [5.41, 5.74) is 2.24. The number of nitro benzene ring substituents is 1. The van der Waals surface area contributed by atoms with Crippen LogP contribution in [0.3, 0.4) is 0 Å². The highest BCUT2D eigenvalue weighted by atomic mass is 32.2. The van der Waals surface area contributed by atoms with Crippen LogP contribution in [-0.2, 0) is 5.75 Å². The van der Waals surface area contributed by atoms with Gasteiger partial charge in [-0.15, -0.1) is 11.8 Å². The van der Waals surface area contributed by atoms with E-state index in [1.54, 1.807) is 18.3 Å². The second-order valence-electron chi connectivity index (χ2n) is 5.06. The lowest BCUT2D eigenvalue weighted by Gasteiger charge is -2.05. The van der Waals surface area contributed by atoms with Gasteiger partial charge in [-0.2, -0.15) is 0 Å². The molecule has 0 aliphatic rings. The number of thioether (sulfide) groups is 1. The number of aryl methyl sites for hydroxylation is 1. The Hall–Kier alpha value is -2.67. The summed E-state index contributed by atoms with van der Waals surface area (Å²) in [6, 6.07) is 11.6. The minimum atomic E-state index is -0.428. The Morgan fingerprint density at radius 1 is 1.22 bits per heavy atom. The first-order chi connectivity index (χ1) is 11.0. The highest BCUT2D eigenvalue weighted by Crippen LogP contribution is 2.24. The lowest BCUT2D eigenvalue weighted by Crippen LogP contribution is -2.15. The van der Waals surface area contributed by atoms with E-state index >= 15 is 0 Å². The van der Waals surface area contributed by atoms with E-state index in [1.165, 1.54) is 34.4 Å². The van der Waals surface area contributed by atoms with Crippen molar-refractivity contribution in [1.29, 1.82) is 0 Å². The van der Waals surface area contributed by atoms with E-state index in [0.717, 1.165) is 10.5 Å². The van der Waals surface area contributed by atoms with Crippen LogP contribution in [0.25, 0.3) is 5.65 Å². The van der Waals surface area contributed by atoms with Gasteiger partial charge in [0, 0.05) is 35.0 Å². The Labute approximate surface area is 136 Å². The Morgan fingerprint density at radius 2 is 1.96 bits per heavy atom. The number of non-ortho nitro benzene ring substituents is 1. The molecule has 23 heavy (non-hydrogen) atoms. The Bertz CT molecular complexity index is 935. The van der Waals surface area contributed by atoms with Crippen molar-refractivity contribution in [3.05, 3.63) is 80.4 Å². The quantitative estimate of drug-likeness (QED) is 0.418. The van der Waals surface area contributed by atoms with Gasteiger partial charge in [-0.3, -0.25) is 19.3 Å². The van der Waals surface area contributed by atoms with E-state index in [2.05, 4.69) is 4.98 Å². The van der Waals surface area contributed by atoms with Crippen molar-refractivity contribution in [3.63, 3.8) is 0 Å². The summed E-state index contributed by atoms with van der Waals surface area (Å²) < 4.78 is 1.52. The highest BCUT2D eigenvalue weighted by molar-refractivity contribution is 7.98. The smallest absolute Gasteiger partial charge is 0.269 e. The molecular formula is C16H13N3O3S. The zero-order chi connectivity index (χ0) is 16.4. The highest BCUT2D eigenvalue weighted by Gasteiger charge is 2.06. The van der Waals surface area contributed by atoms with E-state index in [4.69, 9.17) is 0 Å². The first-order valence-corrected chi connectivity index (χ1v) is 7.88. The molecule has 0 unspecified atom stereocenters. The average Bonchev–Trinajstić information content (AvgIpc) is 2.54. The molecule has 2 heterocycles. The van der Waals surface area contributed by atoms with Gasteiger partial charge in [0.1, 0.15) is 5.65 Å². The molecule has 0 radical (unpaired) electrons. The molecule has 0 bridgehead atoms. The summed E-state index contributed by atoms with van der Waals surface area (Å²) in [6.45, 7) is 1.92. The average molecular weight is 327 g/mol. The molecule has 0 saturated heterocycles. The number of nitro groups is 1. The summed E-state index contributed by atoms with van der Waals surface area (Å²) in [5, 5.41) is 10.6. The summed E-state index contributed by atoms with van der Waals surface area (Å²) in [5.74, 6) is 0.525. The van der Waals surface area contributed by atoms with E-state index in [1.807, 2.05) is 19.1 Å². The van der Waals surface area contributed by atoms with Gasteiger partial charge < -0.3 is 0 Å². The maximum Gasteiger partial charge on any atom is 0.269 e. The largest absolute Gasteiger partial charge is 0.269 e. The van der Waals surface area contributed by atoms with E-state index in [9.17, 15) is 14.9 Å². The molecule has 7 heteroatoms. The molecule has 2 aromatic heterocycles.